The summed E-state index contributed by atoms with van der Waals surface area (Å²) in [5.41, 5.74) is 0.138. The summed E-state index contributed by atoms with van der Waals surface area (Å²) in [5.74, 6) is 1.68. The molecule has 0 aromatic carbocycles. The minimum Gasteiger partial charge on any atom is -0.443 e. The lowest BCUT2D eigenvalue weighted by Crippen LogP contribution is -2.37. The van der Waals surface area contributed by atoms with Crippen LogP contribution in [-0.2, 0) is 11.2 Å². The lowest BCUT2D eigenvalue weighted by Gasteiger charge is -2.19. The fraction of sp³-hybridized carbons (Fsp3) is 0.786. The van der Waals surface area contributed by atoms with E-state index in [1.54, 1.807) is 0 Å². The van der Waals surface area contributed by atoms with Gasteiger partial charge in [0.2, 0.25) is 0 Å². The summed E-state index contributed by atoms with van der Waals surface area (Å²) in [4.78, 5) is 4.32. The maximum Gasteiger partial charge on any atom is 0.195 e. The van der Waals surface area contributed by atoms with Gasteiger partial charge in [0.05, 0.1) is 12.3 Å². The molecule has 0 amide bonds. The molecule has 0 bridgehead atoms. The second-order valence-electron chi connectivity index (χ2n) is 6.10. The van der Waals surface area contributed by atoms with Crippen molar-refractivity contribution in [1.82, 2.24) is 10.3 Å². The normalized spacial score (nSPS) is 24.7. The number of aromatic nitrogens is 1. The molecule has 1 aromatic heterocycles. The van der Waals surface area contributed by atoms with Gasteiger partial charge in [-0.05, 0) is 40.5 Å². The third kappa shape index (κ3) is 3.82. The minimum atomic E-state index is 0.108. The maximum atomic E-state index is 5.77. The average Bonchev–Trinajstić information content (AvgIpc) is 2.85. The molecule has 2 heterocycles. The zero-order valence-electron chi connectivity index (χ0n) is 11.8. The zero-order valence-corrected chi connectivity index (χ0v) is 11.8. The van der Waals surface area contributed by atoms with Crippen LogP contribution in [0.25, 0.3) is 0 Å². The van der Waals surface area contributed by atoms with Crippen LogP contribution in [0.4, 0.5) is 0 Å². The van der Waals surface area contributed by atoms with Gasteiger partial charge in [-0.2, -0.15) is 0 Å². The van der Waals surface area contributed by atoms with E-state index in [4.69, 9.17) is 9.15 Å². The zero-order chi connectivity index (χ0) is 13.2. The molecule has 1 aliphatic rings. The van der Waals surface area contributed by atoms with Gasteiger partial charge in [0.1, 0.15) is 6.10 Å². The summed E-state index contributed by atoms with van der Waals surface area (Å²) >= 11 is 0. The minimum absolute atomic E-state index is 0.108. The van der Waals surface area contributed by atoms with Crippen molar-refractivity contribution in [3.8, 4) is 0 Å². The van der Waals surface area contributed by atoms with Gasteiger partial charge in [-0.3, -0.25) is 0 Å². The van der Waals surface area contributed by atoms with Crippen LogP contribution in [0.15, 0.2) is 10.6 Å². The first-order valence-corrected chi connectivity index (χ1v) is 6.79. The van der Waals surface area contributed by atoms with E-state index in [9.17, 15) is 0 Å². The summed E-state index contributed by atoms with van der Waals surface area (Å²) in [6.07, 6.45) is 5.22. The molecule has 0 saturated carbocycles. The van der Waals surface area contributed by atoms with E-state index in [-0.39, 0.29) is 11.6 Å². The van der Waals surface area contributed by atoms with E-state index < -0.39 is 0 Å². The van der Waals surface area contributed by atoms with Crippen molar-refractivity contribution < 1.29 is 9.15 Å². The second-order valence-corrected chi connectivity index (χ2v) is 6.10. The number of hydrogen-bond donors (Lipinski definition) is 1. The Balaban J connectivity index is 1.83. The molecule has 1 aromatic rings. The van der Waals surface area contributed by atoms with Crippen molar-refractivity contribution in [3.05, 3.63) is 17.8 Å². The highest BCUT2D eigenvalue weighted by atomic mass is 16.5. The van der Waals surface area contributed by atoms with E-state index in [1.807, 2.05) is 6.20 Å². The Morgan fingerprint density at radius 2 is 2.17 bits per heavy atom. The van der Waals surface area contributed by atoms with Gasteiger partial charge >= 0.3 is 0 Å². The Hall–Kier alpha value is -0.870. The molecule has 18 heavy (non-hydrogen) atoms. The summed E-state index contributed by atoms with van der Waals surface area (Å²) in [7, 11) is 0. The number of hydrogen-bond acceptors (Lipinski definition) is 4. The van der Waals surface area contributed by atoms with Crippen LogP contribution < -0.4 is 5.32 Å². The van der Waals surface area contributed by atoms with Gasteiger partial charge < -0.3 is 14.5 Å². The largest absolute Gasteiger partial charge is 0.443 e. The summed E-state index contributed by atoms with van der Waals surface area (Å²) < 4.78 is 11.5. The molecule has 4 heteroatoms. The first kappa shape index (κ1) is 13.6. The van der Waals surface area contributed by atoms with Crippen molar-refractivity contribution >= 4 is 0 Å². The fourth-order valence-electron chi connectivity index (χ4n) is 2.15. The number of oxazole rings is 1. The lowest BCUT2D eigenvalue weighted by molar-refractivity contribution is 0.0417. The molecular formula is C14H24N2O2. The van der Waals surface area contributed by atoms with Crippen LogP contribution in [0, 0.1) is 0 Å². The molecule has 2 rings (SSSR count). The molecule has 0 aliphatic carbocycles. The second kappa shape index (κ2) is 5.41. The van der Waals surface area contributed by atoms with Gasteiger partial charge in [-0.15, -0.1) is 0 Å². The highest BCUT2D eigenvalue weighted by molar-refractivity contribution is 5.01. The van der Waals surface area contributed by atoms with Gasteiger partial charge in [0.25, 0.3) is 0 Å². The molecule has 1 aliphatic heterocycles. The molecule has 1 saturated heterocycles. The van der Waals surface area contributed by atoms with E-state index in [2.05, 4.69) is 38.0 Å². The van der Waals surface area contributed by atoms with Crippen molar-refractivity contribution in [1.29, 1.82) is 0 Å². The van der Waals surface area contributed by atoms with Crippen molar-refractivity contribution in [3.63, 3.8) is 0 Å². The molecular weight excluding hydrogens is 228 g/mol. The van der Waals surface area contributed by atoms with Crippen molar-refractivity contribution in [2.24, 2.45) is 0 Å². The third-order valence-electron chi connectivity index (χ3n) is 3.11. The van der Waals surface area contributed by atoms with Crippen LogP contribution in [-0.4, -0.2) is 23.2 Å². The van der Waals surface area contributed by atoms with E-state index >= 15 is 0 Å². The van der Waals surface area contributed by atoms with Gasteiger partial charge in [0.15, 0.2) is 11.7 Å². The molecule has 2 unspecified atom stereocenters. The quantitative estimate of drug-likeness (QED) is 0.895. The predicted molar refractivity (Wildman–Crippen MR) is 70.5 cm³/mol. The number of nitrogens with one attached hydrogen (secondary N) is 1. The van der Waals surface area contributed by atoms with E-state index in [1.165, 1.54) is 0 Å². The van der Waals surface area contributed by atoms with Crippen LogP contribution >= 0.6 is 0 Å². The predicted octanol–water partition coefficient (Wildman–Crippen LogP) is 2.85. The smallest absolute Gasteiger partial charge is 0.195 e. The molecule has 0 radical (unpaired) electrons. The Bertz CT molecular complexity index is 381. The Labute approximate surface area is 109 Å². The number of nitrogens with zero attached hydrogens (tertiary/aromatic N) is 1. The first-order valence-electron chi connectivity index (χ1n) is 6.79. The highest BCUT2D eigenvalue weighted by Crippen LogP contribution is 2.32. The van der Waals surface area contributed by atoms with E-state index in [0.29, 0.717) is 6.10 Å². The van der Waals surface area contributed by atoms with E-state index in [0.717, 1.165) is 37.5 Å². The lowest BCUT2D eigenvalue weighted by atomic mass is 10.1. The van der Waals surface area contributed by atoms with Crippen LogP contribution in [0.1, 0.15) is 58.3 Å². The average molecular weight is 252 g/mol. The Morgan fingerprint density at radius 3 is 2.78 bits per heavy atom. The summed E-state index contributed by atoms with van der Waals surface area (Å²) in [5, 5.41) is 3.42. The molecule has 0 spiro atoms. The van der Waals surface area contributed by atoms with Crippen LogP contribution in [0.5, 0.6) is 0 Å². The Kier molecular flexibility index (Phi) is 4.07. The topological polar surface area (TPSA) is 47.3 Å². The third-order valence-corrected chi connectivity index (χ3v) is 3.11. The van der Waals surface area contributed by atoms with Gasteiger partial charge in [-0.25, -0.2) is 4.98 Å². The SMILES string of the molecule is CC1CCC(c2cnc(CCNC(C)(C)C)o2)O1. The highest BCUT2D eigenvalue weighted by Gasteiger charge is 2.26. The Morgan fingerprint density at radius 1 is 1.39 bits per heavy atom. The van der Waals surface area contributed by atoms with Crippen LogP contribution in [0.2, 0.25) is 0 Å². The van der Waals surface area contributed by atoms with Gasteiger partial charge in [0, 0.05) is 18.5 Å². The summed E-state index contributed by atoms with van der Waals surface area (Å²) in [6.45, 7) is 9.45. The molecule has 2 atom stereocenters. The number of ether oxygens (including phenoxy) is 1. The monoisotopic (exact) mass is 252 g/mol. The van der Waals surface area contributed by atoms with Gasteiger partial charge in [-0.1, -0.05) is 0 Å². The van der Waals surface area contributed by atoms with Crippen molar-refractivity contribution in [2.75, 3.05) is 6.54 Å². The number of rotatable bonds is 4. The van der Waals surface area contributed by atoms with Crippen molar-refractivity contribution in [2.45, 2.75) is 64.7 Å². The maximum absolute atomic E-state index is 5.77. The standard InChI is InChI=1S/C14H24N2O2/c1-10-5-6-11(17-10)12-9-15-13(18-12)7-8-16-14(2,3)4/h9-11,16H,5-8H2,1-4H3. The molecule has 1 fully saturated rings. The molecule has 1 N–H and O–H groups in total. The first-order chi connectivity index (χ1) is 8.44. The molecule has 102 valence electrons. The van der Waals surface area contributed by atoms with Crippen LogP contribution in [0.3, 0.4) is 0 Å². The molecule has 4 nitrogen and oxygen atoms in total. The fourth-order valence-corrected chi connectivity index (χ4v) is 2.15. The summed E-state index contributed by atoms with van der Waals surface area (Å²) in [6, 6.07) is 0.